The molecule has 0 bridgehead atoms. The first kappa shape index (κ1) is 13.7. The fraction of sp³-hybridized carbons (Fsp3) is 1.00. The molecule has 3 nitrogen and oxygen atoms in total. The molecular weight excluding hydrogens is 190 g/mol. The first-order valence-corrected chi connectivity index (χ1v) is 4.87. The fourth-order valence-corrected chi connectivity index (χ4v) is 0.921. The van der Waals surface area contributed by atoms with Gasteiger partial charge in [-0.15, -0.1) is 0 Å². The zero-order chi connectivity index (χ0) is 11.0. The first-order chi connectivity index (χ1) is 6.48. The molecule has 0 spiro atoms. The van der Waals surface area contributed by atoms with E-state index in [4.69, 9.17) is 10.5 Å². The lowest BCUT2D eigenvalue weighted by Crippen LogP contribution is -2.32. The SMILES string of the molecule is CC(C)NCCC(F)(F)COCCN. The Kier molecular flexibility index (Phi) is 6.96. The molecule has 0 saturated heterocycles. The lowest BCUT2D eigenvalue weighted by atomic mass is 10.2. The summed E-state index contributed by atoms with van der Waals surface area (Å²) in [4.78, 5) is 0. The van der Waals surface area contributed by atoms with E-state index in [9.17, 15) is 8.78 Å². The molecule has 0 atom stereocenters. The second kappa shape index (κ2) is 7.09. The molecule has 0 amide bonds. The third-order valence-corrected chi connectivity index (χ3v) is 1.62. The zero-order valence-electron chi connectivity index (χ0n) is 8.85. The van der Waals surface area contributed by atoms with Gasteiger partial charge in [0.25, 0.3) is 5.92 Å². The Morgan fingerprint density at radius 1 is 1.43 bits per heavy atom. The van der Waals surface area contributed by atoms with Crippen LogP contribution >= 0.6 is 0 Å². The molecule has 0 aliphatic heterocycles. The third kappa shape index (κ3) is 8.34. The minimum Gasteiger partial charge on any atom is -0.374 e. The summed E-state index contributed by atoms with van der Waals surface area (Å²) in [5.41, 5.74) is 5.12. The van der Waals surface area contributed by atoms with E-state index in [1.807, 2.05) is 13.8 Å². The lowest BCUT2D eigenvalue weighted by Gasteiger charge is -2.17. The molecule has 0 unspecified atom stereocenters. The quantitative estimate of drug-likeness (QED) is 0.587. The monoisotopic (exact) mass is 210 g/mol. The topological polar surface area (TPSA) is 47.3 Å². The summed E-state index contributed by atoms with van der Waals surface area (Å²) in [6, 6.07) is 0.232. The van der Waals surface area contributed by atoms with Gasteiger partial charge in [0.15, 0.2) is 0 Å². The van der Waals surface area contributed by atoms with Crippen LogP contribution in [0.5, 0.6) is 0 Å². The highest BCUT2D eigenvalue weighted by Crippen LogP contribution is 2.17. The first-order valence-electron chi connectivity index (χ1n) is 4.87. The van der Waals surface area contributed by atoms with Gasteiger partial charge >= 0.3 is 0 Å². The van der Waals surface area contributed by atoms with E-state index >= 15 is 0 Å². The number of rotatable bonds is 8. The highest BCUT2D eigenvalue weighted by atomic mass is 19.3. The number of hydrogen-bond donors (Lipinski definition) is 2. The van der Waals surface area contributed by atoms with Crippen molar-refractivity contribution in [1.82, 2.24) is 5.32 Å². The Morgan fingerprint density at radius 3 is 2.57 bits per heavy atom. The lowest BCUT2D eigenvalue weighted by molar-refractivity contribution is -0.0801. The van der Waals surface area contributed by atoms with Gasteiger partial charge in [-0.2, -0.15) is 0 Å². The summed E-state index contributed by atoms with van der Waals surface area (Å²) >= 11 is 0. The van der Waals surface area contributed by atoms with Gasteiger partial charge in [0.05, 0.1) is 6.61 Å². The van der Waals surface area contributed by atoms with Gasteiger partial charge in [-0.3, -0.25) is 0 Å². The van der Waals surface area contributed by atoms with Gasteiger partial charge in [0.1, 0.15) is 6.61 Å². The third-order valence-electron chi connectivity index (χ3n) is 1.62. The Balaban J connectivity index is 3.50. The average molecular weight is 210 g/mol. The predicted octanol–water partition coefficient (Wildman–Crippen LogP) is 0.985. The zero-order valence-corrected chi connectivity index (χ0v) is 8.85. The average Bonchev–Trinajstić information content (AvgIpc) is 2.03. The van der Waals surface area contributed by atoms with E-state index in [-0.39, 0.29) is 25.6 Å². The summed E-state index contributed by atoms with van der Waals surface area (Å²) < 4.78 is 30.7. The summed E-state index contributed by atoms with van der Waals surface area (Å²) in [6.45, 7) is 4.07. The van der Waals surface area contributed by atoms with Gasteiger partial charge in [0.2, 0.25) is 0 Å². The van der Waals surface area contributed by atoms with E-state index < -0.39 is 12.5 Å². The minimum atomic E-state index is -2.75. The maximum atomic E-state index is 13.0. The summed E-state index contributed by atoms with van der Waals surface area (Å²) in [6.07, 6.45) is -0.199. The van der Waals surface area contributed by atoms with Crippen LogP contribution in [0.1, 0.15) is 20.3 Å². The van der Waals surface area contributed by atoms with Crippen LogP contribution in [0.3, 0.4) is 0 Å². The molecule has 0 rings (SSSR count). The van der Waals surface area contributed by atoms with E-state index in [1.54, 1.807) is 0 Å². The van der Waals surface area contributed by atoms with Gasteiger partial charge in [-0.25, -0.2) is 8.78 Å². The van der Waals surface area contributed by atoms with Gasteiger partial charge in [-0.05, 0) is 0 Å². The molecule has 0 saturated carbocycles. The Morgan fingerprint density at radius 2 is 2.07 bits per heavy atom. The van der Waals surface area contributed by atoms with E-state index in [0.29, 0.717) is 6.54 Å². The highest BCUT2D eigenvalue weighted by Gasteiger charge is 2.28. The van der Waals surface area contributed by atoms with Crippen molar-refractivity contribution >= 4 is 0 Å². The fourth-order valence-electron chi connectivity index (χ4n) is 0.921. The number of ether oxygens (including phenoxy) is 1. The molecule has 0 aromatic rings. The van der Waals surface area contributed by atoms with Crippen molar-refractivity contribution in [2.75, 3.05) is 26.3 Å². The number of nitrogens with one attached hydrogen (secondary N) is 1. The van der Waals surface area contributed by atoms with Gasteiger partial charge in [0, 0.05) is 25.6 Å². The van der Waals surface area contributed by atoms with Crippen LogP contribution in [-0.2, 0) is 4.74 Å². The molecule has 0 heterocycles. The van der Waals surface area contributed by atoms with Crippen LogP contribution in [0.25, 0.3) is 0 Å². The van der Waals surface area contributed by atoms with Crippen LogP contribution in [0.4, 0.5) is 8.78 Å². The number of nitrogens with two attached hydrogens (primary N) is 1. The molecule has 3 N–H and O–H groups in total. The van der Waals surface area contributed by atoms with E-state index in [1.165, 1.54) is 0 Å². The van der Waals surface area contributed by atoms with Crippen LogP contribution < -0.4 is 11.1 Å². The molecule has 0 aliphatic rings. The highest BCUT2D eigenvalue weighted by molar-refractivity contribution is 4.67. The predicted molar refractivity (Wildman–Crippen MR) is 52.6 cm³/mol. The van der Waals surface area contributed by atoms with Gasteiger partial charge < -0.3 is 15.8 Å². The van der Waals surface area contributed by atoms with E-state index in [2.05, 4.69) is 5.32 Å². The molecule has 5 heteroatoms. The summed E-state index contributed by atoms with van der Waals surface area (Å²) in [7, 11) is 0. The molecule has 14 heavy (non-hydrogen) atoms. The molecule has 0 fully saturated rings. The molecular formula is C9H20F2N2O. The van der Waals surface area contributed by atoms with Crippen molar-refractivity contribution in [2.45, 2.75) is 32.2 Å². The van der Waals surface area contributed by atoms with Crippen LogP contribution in [-0.4, -0.2) is 38.3 Å². The Hall–Kier alpha value is -0.260. The van der Waals surface area contributed by atoms with Crippen molar-refractivity contribution in [3.63, 3.8) is 0 Å². The van der Waals surface area contributed by atoms with Crippen molar-refractivity contribution in [1.29, 1.82) is 0 Å². The second-order valence-electron chi connectivity index (χ2n) is 3.56. The van der Waals surface area contributed by atoms with Crippen LogP contribution in [0, 0.1) is 0 Å². The number of halogens is 2. The van der Waals surface area contributed by atoms with Crippen LogP contribution in [0.2, 0.25) is 0 Å². The number of hydrogen-bond acceptors (Lipinski definition) is 3. The molecule has 86 valence electrons. The Bertz CT molecular complexity index is 143. The smallest absolute Gasteiger partial charge is 0.272 e. The normalized spacial score (nSPS) is 12.4. The maximum Gasteiger partial charge on any atom is 0.272 e. The molecule has 0 aliphatic carbocycles. The van der Waals surface area contributed by atoms with Crippen LogP contribution in [0.15, 0.2) is 0 Å². The van der Waals surface area contributed by atoms with E-state index in [0.717, 1.165) is 0 Å². The van der Waals surface area contributed by atoms with Crippen molar-refractivity contribution in [2.24, 2.45) is 5.73 Å². The Labute approximate surface area is 84.0 Å². The molecule has 0 aromatic carbocycles. The summed E-state index contributed by atoms with van der Waals surface area (Å²) in [5.74, 6) is -2.75. The standard InChI is InChI=1S/C9H20F2N2O/c1-8(2)13-5-3-9(10,11)7-14-6-4-12/h8,13H,3-7,12H2,1-2H3. The largest absolute Gasteiger partial charge is 0.374 e. The molecule has 0 radical (unpaired) electrons. The van der Waals surface area contributed by atoms with Crippen molar-refractivity contribution < 1.29 is 13.5 Å². The molecule has 0 aromatic heterocycles. The maximum absolute atomic E-state index is 13.0. The van der Waals surface area contributed by atoms with Gasteiger partial charge in [-0.1, -0.05) is 13.8 Å². The summed E-state index contributed by atoms with van der Waals surface area (Å²) in [5, 5.41) is 2.93. The second-order valence-corrected chi connectivity index (χ2v) is 3.56. The number of alkyl halides is 2. The van der Waals surface area contributed by atoms with Crippen molar-refractivity contribution in [3.05, 3.63) is 0 Å². The van der Waals surface area contributed by atoms with Crippen molar-refractivity contribution in [3.8, 4) is 0 Å². The minimum absolute atomic E-state index is 0.188.